The molecule has 0 amide bonds. The van der Waals surface area contributed by atoms with Crippen molar-refractivity contribution in [2.75, 3.05) is 59.5 Å². The lowest BCUT2D eigenvalue weighted by atomic mass is 9.33. The molecule has 0 unspecified atom stereocenters. The summed E-state index contributed by atoms with van der Waals surface area (Å²) in [5.41, 5.74) is -7.22. The van der Waals surface area contributed by atoms with Crippen molar-refractivity contribution in [3.8, 4) is 0 Å². The van der Waals surface area contributed by atoms with Crippen LogP contribution in [-0.2, 0) is 80.6 Å². The van der Waals surface area contributed by atoms with Gasteiger partial charge >= 0.3 is 5.97 Å². The average Bonchev–Trinajstić information content (AvgIpc) is 1.08. The van der Waals surface area contributed by atoms with Gasteiger partial charge < -0.3 is 193 Å². The number of fused-ring (bicyclic) bond motifs is 7. The highest BCUT2D eigenvalue weighted by molar-refractivity contribution is 5.80. The van der Waals surface area contributed by atoms with Crippen LogP contribution < -0.4 is 0 Å². The van der Waals surface area contributed by atoms with Crippen molar-refractivity contribution in [3.63, 3.8) is 0 Å². The molecular weight excluding hydrogens is 1520 g/mol. The lowest BCUT2D eigenvalue weighted by Crippen LogP contribution is -2.71. The molecule has 0 bridgehead atoms. The lowest BCUT2D eigenvalue weighted by molar-refractivity contribution is -0.391. The maximum absolute atomic E-state index is 15.9. The van der Waals surface area contributed by atoms with Gasteiger partial charge in [-0.3, -0.25) is 4.79 Å². The Morgan fingerprint density at radius 2 is 0.947 bits per heavy atom. The van der Waals surface area contributed by atoms with E-state index in [9.17, 15) is 117 Å². The highest BCUT2D eigenvalue weighted by Crippen LogP contribution is 2.76. The van der Waals surface area contributed by atoms with Crippen molar-refractivity contribution in [1.29, 1.82) is 0 Å². The number of ether oxygens (including phenoxy) is 16. The van der Waals surface area contributed by atoms with Crippen molar-refractivity contribution in [1.82, 2.24) is 0 Å². The van der Waals surface area contributed by atoms with Crippen LogP contribution in [-0.4, -0.2) is 410 Å². The van der Waals surface area contributed by atoms with Gasteiger partial charge in [0.15, 0.2) is 50.1 Å². The Morgan fingerprint density at radius 3 is 1.56 bits per heavy atom. The highest BCUT2D eigenvalue weighted by Gasteiger charge is 2.74. The highest BCUT2D eigenvalue weighted by atomic mass is 16.8. The second-order valence-electron chi connectivity index (χ2n) is 35.5. The molecule has 0 spiro atoms. The van der Waals surface area contributed by atoms with Crippen LogP contribution in [0.5, 0.6) is 0 Å². The summed E-state index contributed by atoms with van der Waals surface area (Å²) in [5, 5.41) is 257. The normalized spacial score (nSPS) is 55.5. The Morgan fingerprint density at radius 1 is 0.442 bits per heavy atom. The quantitative estimate of drug-likeness (QED) is 0.0306. The van der Waals surface area contributed by atoms with E-state index < -0.39 is 337 Å². The summed E-state index contributed by atoms with van der Waals surface area (Å²) in [6.07, 6.45) is -59.3. The summed E-state index contributed by atoms with van der Waals surface area (Å²) >= 11 is 0. The molecule has 0 aromatic heterocycles. The maximum atomic E-state index is 15.9. The molecule has 0 aromatic carbocycles. The van der Waals surface area contributed by atoms with E-state index in [1.807, 2.05) is 0 Å². The lowest BCUT2D eigenvalue weighted by Gasteiger charge is -2.72. The predicted molar refractivity (Wildman–Crippen MR) is 366 cm³/mol. The summed E-state index contributed by atoms with van der Waals surface area (Å²) in [4.78, 5) is 15.9. The topological polar surface area (TPSA) is 630 Å². The van der Waals surface area contributed by atoms with Crippen molar-refractivity contribution in [3.05, 3.63) is 11.6 Å². The summed E-state index contributed by atoms with van der Waals surface area (Å²) < 4.78 is 95.5. The van der Waals surface area contributed by atoms with Crippen LogP contribution in [0.4, 0.5) is 0 Å². The molecule has 12 fully saturated rings. The summed E-state index contributed by atoms with van der Waals surface area (Å²) in [5.74, 6) is -2.33. The molecule has 5 aliphatic carbocycles. The van der Waals surface area contributed by atoms with E-state index in [1.54, 1.807) is 6.92 Å². The van der Waals surface area contributed by atoms with E-state index in [0.29, 0.717) is 32.1 Å². The number of aliphatic hydroxyl groups excluding tert-OH is 22. The molecule has 8 aliphatic heterocycles. The summed E-state index contributed by atoms with van der Waals surface area (Å²) in [7, 11) is 0. The minimum absolute atomic E-state index is 0.0164. The molecular formula is C73H118O40. The van der Waals surface area contributed by atoms with E-state index in [0.717, 1.165) is 5.57 Å². The van der Waals surface area contributed by atoms with Crippen LogP contribution in [0.25, 0.3) is 0 Å². The molecule has 45 atom stereocenters. The molecule has 0 aromatic rings. The van der Waals surface area contributed by atoms with Crippen LogP contribution in [0.2, 0.25) is 0 Å². The van der Waals surface area contributed by atoms with Crippen molar-refractivity contribution in [2.24, 2.45) is 50.2 Å². The standard InChI is InChI=1S/C73H118O40/c1-26-51(106-60-48(93)52(33(82)22-100-60)107-65-57(72(97,24-77)25-102-65)112-61-47(92)44(89)42(87)34(17-74)104-61)54(109-59-46(91)40(85)31(80)20-99-59)50(95)62(103-26)110-55-41(86)32(81)21-101-64(55)113-66(96)73-13-12-67(2,3)14-28(73)27-8-9-37-68(4)15-29(78)56(69(5,23-76)36(68)10-11-70(37,6)71(27,7)16-38(73)83)111-63-49(94)53(43(88)35(18-75)105-63)108-58-45(90)39(84)30(79)19-98-58/h8,26,28-65,74-95,97H,9-25H2,1-7H3/t26-,28-,29-,30+,31-,32-,33+,34+,35+,36+,37+,38+,39-,40-,41-,42-,43+,44-,45+,46+,47+,48+,49+,50+,51-,52-,53-,54-,55+,56-,57-,58-,59-,60-,61-,62-,63-,64-,65-,68-,69-,70+,71+,72+,73+/m0/s1. The van der Waals surface area contributed by atoms with Gasteiger partial charge in [-0.25, -0.2) is 0 Å². The van der Waals surface area contributed by atoms with Gasteiger partial charge in [-0.15, -0.1) is 0 Å². The van der Waals surface area contributed by atoms with E-state index >= 15 is 4.79 Å². The van der Waals surface area contributed by atoms with Crippen molar-refractivity contribution >= 4 is 5.97 Å². The van der Waals surface area contributed by atoms with E-state index in [2.05, 4.69) is 40.7 Å². The Labute approximate surface area is 649 Å². The second kappa shape index (κ2) is 33.5. The third-order valence-corrected chi connectivity index (χ3v) is 28.1. The van der Waals surface area contributed by atoms with Crippen LogP contribution >= 0.6 is 0 Å². The van der Waals surface area contributed by atoms with Gasteiger partial charge in [0.2, 0.25) is 6.29 Å². The molecule has 23 N–H and O–H groups in total. The van der Waals surface area contributed by atoms with Gasteiger partial charge in [0.25, 0.3) is 0 Å². The molecule has 40 nitrogen and oxygen atoms in total. The Bertz CT molecular complexity index is 3260. The van der Waals surface area contributed by atoms with Crippen LogP contribution in [0.15, 0.2) is 11.6 Å². The summed E-state index contributed by atoms with van der Waals surface area (Å²) in [6, 6.07) is 0. The first kappa shape index (κ1) is 88.5. The van der Waals surface area contributed by atoms with Gasteiger partial charge in [0, 0.05) is 5.41 Å². The summed E-state index contributed by atoms with van der Waals surface area (Å²) in [6.45, 7) is 7.15. The van der Waals surface area contributed by atoms with Crippen molar-refractivity contribution in [2.45, 2.75) is 327 Å². The van der Waals surface area contributed by atoms with Crippen LogP contribution in [0, 0.1) is 50.2 Å². The smallest absolute Gasteiger partial charge is 0.317 e. The van der Waals surface area contributed by atoms with Gasteiger partial charge in [-0.1, -0.05) is 53.2 Å². The van der Waals surface area contributed by atoms with Crippen LogP contribution in [0.1, 0.15) is 99.8 Å². The molecule has 40 heteroatoms. The minimum atomic E-state index is -2.35. The number of carbonyl (C=O) groups excluding carboxylic acids is 1. The van der Waals surface area contributed by atoms with Gasteiger partial charge in [0.1, 0.15) is 151 Å². The molecule has 0 radical (unpaired) electrons. The zero-order chi connectivity index (χ0) is 82.2. The third kappa shape index (κ3) is 15.4. The number of aliphatic hydroxyl groups is 23. The first-order chi connectivity index (χ1) is 53.1. The SMILES string of the molecule is C[C@@H]1O[C@@H](O[C@H]2[C@H](OC(=O)[C@]34CCC(C)(C)C[C@H]3C3=CC[C@@H]5[C@@]6(C)C[C@H](O)[C@H](O[C@@H]7O[C@H](CO)[C@@H](O)[C@H](O[C@@H]8OC[C@@H](O)[C@H](O)[C@H]8O)[C@H]7O)[C@@](C)(CO)[C@@H]6CC[C@@]5(C)[C@]3(C)C[C@H]4O)OC[C@H](O)[C@@H]2O)[C@H](O)[C@H](O[C@@H]2OC[C@H](O)[C@H](O)[C@H]2O)[C@H]1O[C@@H]1OC[C@@H](O)[C@H](O[C@@H]2OC[C@](O)(CO)[C@H]2O[C@@H]2O[C@H](CO)[C@H](O)[C@H](O)[C@H]2O)[C@H]1O. The van der Waals surface area contributed by atoms with E-state index in [-0.39, 0.29) is 25.2 Å². The number of rotatable bonds is 20. The van der Waals surface area contributed by atoms with E-state index in [4.69, 9.17) is 75.8 Å². The Kier molecular flexibility index (Phi) is 26.2. The largest absolute Gasteiger partial charge is 0.432 e. The third-order valence-electron chi connectivity index (χ3n) is 28.1. The first-order valence-corrected chi connectivity index (χ1v) is 39.1. The first-order valence-electron chi connectivity index (χ1n) is 39.1. The zero-order valence-electron chi connectivity index (χ0n) is 63.8. The maximum Gasteiger partial charge on any atom is 0.317 e. The molecule has 8 heterocycles. The average molecular weight is 1640 g/mol. The fourth-order valence-corrected chi connectivity index (χ4v) is 21.3. The number of hydrogen-bond donors (Lipinski definition) is 23. The minimum Gasteiger partial charge on any atom is -0.432 e. The molecule has 13 rings (SSSR count). The monoisotopic (exact) mass is 1630 g/mol. The van der Waals surface area contributed by atoms with Gasteiger partial charge in [-0.05, 0) is 97.7 Å². The van der Waals surface area contributed by atoms with E-state index in [1.165, 1.54) is 6.92 Å². The molecule has 4 saturated carbocycles. The zero-order valence-corrected chi connectivity index (χ0v) is 63.8. The Hall–Kier alpha value is -2.31. The molecule has 13 aliphatic rings. The molecule has 8 saturated heterocycles. The fraction of sp³-hybridized carbons (Fsp3) is 0.959. The predicted octanol–water partition coefficient (Wildman–Crippen LogP) is -9.60. The van der Waals surface area contributed by atoms with Gasteiger partial charge in [-0.2, -0.15) is 0 Å². The second-order valence-corrected chi connectivity index (χ2v) is 35.5. The molecule has 650 valence electrons. The molecule has 113 heavy (non-hydrogen) atoms. The fourth-order valence-electron chi connectivity index (χ4n) is 21.3. The van der Waals surface area contributed by atoms with Gasteiger partial charge in [0.05, 0.1) is 83.9 Å². The number of carbonyl (C=O) groups is 1. The number of hydrogen-bond acceptors (Lipinski definition) is 40. The Balaban J connectivity index is 0.729. The number of allylic oxidation sites excluding steroid dienone is 2. The van der Waals surface area contributed by atoms with Crippen molar-refractivity contribution < 1.29 is 198 Å². The number of esters is 1. The van der Waals surface area contributed by atoms with Crippen LogP contribution in [0.3, 0.4) is 0 Å².